The average Bonchev–Trinajstić information content (AvgIpc) is 3.09. The normalized spacial score (nSPS) is 11.4. The van der Waals surface area contributed by atoms with E-state index in [1.165, 1.54) is 5.69 Å². The molecule has 0 amide bonds. The number of nitrogens with one attached hydrogen (secondary N) is 1. The Balaban J connectivity index is 1.88. The van der Waals surface area contributed by atoms with Crippen LogP contribution in [0.25, 0.3) is 4.96 Å². The monoisotopic (exact) mass is 310 g/mol. The molecule has 4 nitrogen and oxygen atoms in total. The fraction of sp³-hybridized carbons (Fsp3) is 0.333. The van der Waals surface area contributed by atoms with Crippen LogP contribution in [0.15, 0.2) is 32.5 Å². The van der Waals surface area contributed by atoms with E-state index in [1.807, 2.05) is 11.6 Å². The van der Waals surface area contributed by atoms with Crippen LogP contribution in [0.4, 0.5) is 0 Å². The molecule has 0 fully saturated rings. The molecule has 7 heteroatoms. The summed E-state index contributed by atoms with van der Waals surface area (Å²) in [7, 11) is 0. The highest BCUT2D eigenvalue weighted by Gasteiger charge is 2.14. The molecular formula is C12H14N4S3. The third-order valence-corrected chi connectivity index (χ3v) is 5.30. The lowest BCUT2D eigenvalue weighted by Crippen LogP contribution is -2.15. The summed E-state index contributed by atoms with van der Waals surface area (Å²) in [4.78, 5) is 10.1. The Hall–Kier alpha value is -0.890. The Morgan fingerprint density at radius 2 is 2.32 bits per heavy atom. The van der Waals surface area contributed by atoms with Gasteiger partial charge in [-0.25, -0.2) is 9.97 Å². The van der Waals surface area contributed by atoms with Gasteiger partial charge in [-0.3, -0.25) is 4.40 Å². The first-order valence-corrected chi connectivity index (χ1v) is 8.68. The Bertz CT molecular complexity index is 641. The molecule has 0 aliphatic rings. The minimum Gasteiger partial charge on any atom is -0.311 e. The summed E-state index contributed by atoms with van der Waals surface area (Å²) < 4.78 is 3.21. The van der Waals surface area contributed by atoms with Crippen LogP contribution >= 0.6 is 34.4 Å². The molecule has 0 saturated heterocycles. The summed E-state index contributed by atoms with van der Waals surface area (Å²) in [5.41, 5.74) is 1.23. The quantitative estimate of drug-likeness (QED) is 0.708. The van der Waals surface area contributed by atoms with Crippen molar-refractivity contribution in [2.24, 2.45) is 0 Å². The molecular weight excluding hydrogens is 296 g/mol. The summed E-state index contributed by atoms with van der Waals surface area (Å²) in [6, 6.07) is 0. The molecule has 0 saturated carbocycles. The van der Waals surface area contributed by atoms with Crippen LogP contribution < -0.4 is 5.32 Å². The van der Waals surface area contributed by atoms with Crippen molar-refractivity contribution in [1.29, 1.82) is 0 Å². The van der Waals surface area contributed by atoms with E-state index in [0.717, 1.165) is 33.8 Å². The number of fused-ring (bicyclic) bond motifs is 1. The van der Waals surface area contributed by atoms with Crippen molar-refractivity contribution in [3.63, 3.8) is 0 Å². The van der Waals surface area contributed by atoms with Gasteiger partial charge in [0.15, 0.2) is 9.30 Å². The maximum absolute atomic E-state index is 4.70. The van der Waals surface area contributed by atoms with Crippen molar-refractivity contribution in [2.75, 3.05) is 6.54 Å². The number of hydrogen-bond acceptors (Lipinski definition) is 6. The number of hydrogen-bond donors (Lipinski definition) is 1. The zero-order chi connectivity index (χ0) is 13.1. The highest BCUT2D eigenvalue weighted by Crippen LogP contribution is 2.32. The number of thiazole rings is 2. The van der Waals surface area contributed by atoms with Gasteiger partial charge in [0.05, 0.1) is 5.69 Å². The van der Waals surface area contributed by atoms with Gasteiger partial charge in [-0.2, -0.15) is 0 Å². The number of nitrogens with zero attached hydrogens (tertiary/aromatic N) is 3. The van der Waals surface area contributed by atoms with Gasteiger partial charge in [0.25, 0.3) is 0 Å². The maximum atomic E-state index is 4.70. The van der Waals surface area contributed by atoms with Crippen LogP contribution in [0.5, 0.6) is 0 Å². The van der Waals surface area contributed by atoms with Gasteiger partial charge in [0, 0.05) is 29.7 Å². The molecule has 0 unspecified atom stereocenters. The molecule has 1 N–H and O–H groups in total. The van der Waals surface area contributed by atoms with E-state index in [-0.39, 0.29) is 0 Å². The Morgan fingerprint density at radius 3 is 3.11 bits per heavy atom. The van der Waals surface area contributed by atoms with Crippen LogP contribution in [0.3, 0.4) is 0 Å². The minimum atomic E-state index is 0.847. The Morgan fingerprint density at radius 1 is 1.37 bits per heavy atom. The Kier molecular flexibility index (Phi) is 4.17. The van der Waals surface area contributed by atoms with Crippen molar-refractivity contribution >= 4 is 39.4 Å². The minimum absolute atomic E-state index is 0.847. The average molecular weight is 310 g/mol. The summed E-state index contributed by atoms with van der Waals surface area (Å²) in [5.74, 6) is 0. The molecule has 0 spiro atoms. The standard InChI is InChI=1S/C12H14N4S3/c1-2-3-13-8-9-10(19-12-14-4-6-18-12)15-11-16(9)5-7-17-11/h4-7,13H,2-3,8H2,1H3. The summed E-state index contributed by atoms with van der Waals surface area (Å²) in [6.07, 6.45) is 5.06. The van der Waals surface area contributed by atoms with E-state index >= 15 is 0 Å². The summed E-state index contributed by atoms with van der Waals surface area (Å²) >= 11 is 4.97. The maximum Gasteiger partial charge on any atom is 0.194 e. The van der Waals surface area contributed by atoms with Crippen molar-refractivity contribution < 1.29 is 0 Å². The molecule has 0 radical (unpaired) electrons. The second-order valence-electron chi connectivity index (χ2n) is 4.00. The number of rotatable bonds is 6. The second kappa shape index (κ2) is 6.04. The first kappa shape index (κ1) is 13.1. The van der Waals surface area contributed by atoms with Crippen molar-refractivity contribution in [2.45, 2.75) is 29.3 Å². The molecule has 0 atom stereocenters. The van der Waals surface area contributed by atoms with Crippen molar-refractivity contribution in [3.05, 3.63) is 28.8 Å². The molecule has 3 aromatic rings. The molecule has 0 bridgehead atoms. The third kappa shape index (κ3) is 2.84. The predicted octanol–water partition coefficient (Wildman–Crippen LogP) is 3.50. The smallest absolute Gasteiger partial charge is 0.194 e. The molecule has 0 aliphatic carbocycles. The zero-order valence-corrected chi connectivity index (χ0v) is 12.9. The van der Waals surface area contributed by atoms with Gasteiger partial charge in [0.2, 0.25) is 0 Å². The number of imidazole rings is 1. The van der Waals surface area contributed by atoms with Gasteiger partial charge in [-0.05, 0) is 24.7 Å². The molecule has 3 aromatic heterocycles. The zero-order valence-electron chi connectivity index (χ0n) is 10.5. The lowest BCUT2D eigenvalue weighted by molar-refractivity contribution is 0.653. The predicted molar refractivity (Wildman–Crippen MR) is 81.3 cm³/mol. The first-order chi connectivity index (χ1) is 9.38. The van der Waals surface area contributed by atoms with Gasteiger partial charge < -0.3 is 5.32 Å². The topological polar surface area (TPSA) is 42.2 Å². The molecule has 3 rings (SSSR count). The molecule has 19 heavy (non-hydrogen) atoms. The van der Waals surface area contributed by atoms with Gasteiger partial charge in [-0.15, -0.1) is 22.7 Å². The van der Waals surface area contributed by atoms with E-state index in [9.17, 15) is 0 Å². The van der Waals surface area contributed by atoms with E-state index in [0.29, 0.717) is 0 Å². The van der Waals surface area contributed by atoms with Crippen molar-refractivity contribution in [1.82, 2.24) is 19.7 Å². The number of aromatic nitrogens is 3. The fourth-order valence-corrected chi connectivity index (χ4v) is 4.23. The molecule has 100 valence electrons. The van der Waals surface area contributed by atoms with Gasteiger partial charge >= 0.3 is 0 Å². The van der Waals surface area contributed by atoms with Gasteiger partial charge in [-0.1, -0.05) is 6.92 Å². The van der Waals surface area contributed by atoms with Crippen LogP contribution in [0.2, 0.25) is 0 Å². The highest BCUT2D eigenvalue weighted by atomic mass is 32.2. The molecule has 3 heterocycles. The van der Waals surface area contributed by atoms with Crippen molar-refractivity contribution in [3.8, 4) is 0 Å². The van der Waals surface area contributed by atoms with E-state index in [1.54, 1.807) is 34.4 Å². The summed E-state index contributed by atoms with van der Waals surface area (Å²) in [6.45, 7) is 4.05. The van der Waals surface area contributed by atoms with Crippen LogP contribution in [-0.2, 0) is 6.54 Å². The largest absolute Gasteiger partial charge is 0.311 e. The lowest BCUT2D eigenvalue weighted by atomic mass is 10.4. The first-order valence-electron chi connectivity index (χ1n) is 6.11. The summed E-state index contributed by atoms with van der Waals surface area (Å²) in [5, 5.41) is 8.58. The molecule has 0 aromatic carbocycles. The van der Waals surface area contributed by atoms with E-state index < -0.39 is 0 Å². The van der Waals surface area contributed by atoms with Gasteiger partial charge in [0.1, 0.15) is 5.03 Å². The lowest BCUT2D eigenvalue weighted by Gasteiger charge is -2.04. The fourth-order valence-electron chi connectivity index (χ4n) is 1.78. The third-order valence-electron chi connectivity index (χ3n) is 2.64. The second-order valence-corrected chi connectivity index (χ2v) is 7.00. The van der Waals surface area contributed by atoms with Crippen LogP contribution in [0.1, 0.15) is 19.0 Å². The van der Waals surface area contributed by atoms with Crippen LogP contribution in [0, 0.1) is 0 Å². The van der Waals surface area contributed by atoms with Crippen LogP contribution in [-0.4, -0.2) is 20.9 Å². The van der Waals surface area contributed by atoms with E-state index in [4.69, 9.17) is 4.98 Å². The SMILES string of the molecule is CCCNCc1c(Sc2nccs2)nc2sccn12. The van der Waals surface area contributed by atoms with E-state index in [2.05, 4.69) is 33.2 Å². The molecule has 0 aliphatic heterocycles. The highest BCUT2D eigenvalue weighted by molar-refractivity contribution is 8.01. The Labute approximate surface area is 123 Å².